The van der Waals surface area contributed by atoms with Gasteiger partial charge in [0.15, 0.2) is 9.90 Å². The van der Waals surface area contributed by atoms with E-state index < -0.39 is 21.7 Å². The Morgan fingerprint density at radius 3 is 3.05 bits per heavy atom. The molecule has 0 saturated carbocycles. The van der Waals surface area contributed by atoms with Crippen molar-refractivity contribution in [3.63, 3.8) is 0 Å². The average molecular weight is 306 g/mol. The smallest absolute Gasteiger partial charge is 0.356 e. The lowest BCUT2D eigenvalue weighted by Crippen LogP contribution is -2.27. The van der Waals surface area contributed by atoms with E-state index in [1.807, 2.05) is 0 Å². The summed E-state index contributed by atoms with van der Waals surface area (Å²) in [6.07, 6.45) is 2.60. The molecular formula is C10H14N2O5S2. The summed E-state index contributed by atoms with van der Waals surface area (Å²) < 4.78 is 31.4. The molecule has 7 nitrogen and oxygen atoms in total. The van der Waals surface area contributed by atoms with Gasteiger partial charge in [0.2, 0.25) is 0 Å². The highest BCUT2D eigenvalue weighted by molar-refractivity contribution is 7.91. The van der Waals surface area contributed by atoms with E-state index in [0.29, 0.717) is 6.42 Å². The fourth-order valence-electron chi connectivity index (χ4n) is 1.86. The molecule has 2 N–H and O–H groups in total. The van der Waals surface area contributed by atoms with Gasteiger partial charge >= 0.3 is 5.97 Å². The molecule has 106 valence electrons. The monoisotopic (exact) mass is 306 g/mol. The first-order valence-corrected chi connectivity index (χ1v) is 8.15. The van der Waals surface area contributed by atoms with Crippen molar-refractivity contribution < 1.29 is 23.1 Å². The van der Waals surface area contributed by atoms with Gasteiger partial charge in [-0.2, -0.15) is 0 Å². The van der Waals surface area contributed by atoms with E-state index in [1.165, 1.54) is 5.51 Å². The number of ether oxygens (including phenoxy) is 1. The van der Waals surface area contributed by atoms with E-state index in [0.717, 1.165) is 30.8 Å². The van der Waals surface area contributed by atoms with Crippen molar-refractivity contribution >= 4 is 27.3 Å². The van der Waals surface area contributed by atoms with Crippen LogP contribution in [0.15, 0.2) is 9.72 Å². The number of carbonyl (C=O) groups is 1. The topological polar surface area (TPSA) is 106 Å². The number of nitrogens with one attached hydrogen (secondary N) is 1. The minimum atomic E-state index is -3.81. The maximum absolute atomic E-state index is 11.9. The summed E-state index contributed by atoms with van der Waals surface area (Å²) in [5, 5.41) is 8.85. The zero-order valence-corrected chi connectivity index (χ0v) is 11.7. The first kappa shape index (κ1) is 14.4. The fourth-order valence-corrected chi connectivity index (χ4v) is 4.09. The van der Waals surface area contributed by atoms with Crippen LogP contribution in [0.25, 0.3) is 0 Å². The van der Waals surface area contributed by atoms with Crippen LogP contribution in [0.2, 0.25) is 0 Å². The third-order valence-corrected chi connectivity index (χ3v) is 5.59. The number of nitrogens with zero attached hydrogens (tertiary/aromatic N) is 1. The number of aromatic carboxylic acids is 1. The molecule has 1 saturated heterocycles. The first-order chi connectivity index (χ1) is 9.00. The second-order valence-corrected chi connectivity index (χ2v) is 6.93. The van der Waals surface area contributed by atoms with Crippen LogP contribution in [0, 0.1) is 0 Å². The zero-order chi connectivity index (χ0) is 13.9. The fraction of sp³-hybridized carbons (Fsp3) is 0.600. The molecule has 0 aliphatic carbocycles. The first-order valence-electron chi connectivity index (χ1n) is 5.79. The Hall–Kier alpha value is -1.03. The molecule has 1 atom stereocenters. The highest BCUT2D eigenvalue weighted by atomic mass is 32.2. The van der Waals surface area contributed by atoms with Gasteiger partial charge in [0.25, 0.3) is 10.0 Å². The van der Waals surface area contributed by atoms with E-state index in [-0.39, 0.29) is 16.9 Å². The summed E-state index contributed by atoms with van der Waals surface area (Å²) in [6, 6.07) is 0. The van der Waals surface area contributed by atoms with Crippen molar-refractivity contribution in [1.29, 1.82) is 0 Å². The van der Waals surface area contributed by atoms with Crippen LogP contribution in [0.3, 0.4) is 0 Å². The molecule has 1 aromatic rings. The SMILES string of the molecule is O=C(O)c1ncsc1S(=O)(=O)NCCC1CCCO1. The molecule has 2 rings (SSSR count). The Balaban J connectivity index is 1.97. The van der Waals surface area contributed by atoms with Gasteiger partial charge < -0.3 is 9.84 Å². The lowest BCUT2D eigenvalue weighted by atomic mass is 10.2. The summed E-state index contributed by atoms with van der Waals surface area (Å²) >= 11 is 0.794. The van der Waals surface area contributed by atoms with Gasteiger partial charge in [0.1, 0.15) is 0 Å². The molecule has 0 spiro atoms. The number of sulfonamides is 1. The number of aromatic nitrogens is 1. The number of carboxylic acids is 1. The van der Waals surface area contributed by atoms with Crippen molar-refractivity contribution in [3.8, 4) is 0 Å². The molecule has 1 unspecified atom stereocenters. The van der Waals surface area contributed by atoms with E-state index in [1.54, 1.807) is 0 Å². The summed E-state index contributed by atoms with van der Waals surface area (Å²) in [7, 11) is -3.81. The van der Waals surface area contributed by atoms with Crippen LogP contribution in [0.4, 0.5) is 0 Å². The molecule has 0 bridgehead atoms. The molecule has 1 aliphatic heterocycles. The minimum absolute atomic E-state index is 0.0862. The number of thiazole rings is 1. The van der Waals surface area contributed by atoms with Gasteiger partial charge in [-0.3, -0.25) is 0 Å². The summed E-state index contributed by atoms with van der Waals surface area (Å²) in [6.45, 7) is 0.944. The minimum Gasteiger partial charge on any atom is -0.476 e. The molecule has 0 radical (unpaired) electrons. The summed E-state index contributed by atoms with van der Waals surface area (Å²) in [5.41, 5.74) is 0.771. The molecule has 1 aromatic heterocycles. The molecule has 2 heterocycles. The lowest BCUT2D eigenvalue weighted by Gasteiger charge is -2.09. The van der Waals surface area contributed by atoms with E-state index >= 15 is 0 Å². The van der Waals surface area contributed by atoms with Crippen LogP contribution < -0.4 is 4.72 Å². The van der Waals surface area contributed by atoms with Crippen LogP contribution in [0.1, 0.15) is 29.8 Å². The van der Waals surface area contributed by atoms with Crippen molar-refractivity contribution in [2.75, 3.05) is 13.2 Å². The molecular weight excluding hydrogens is 292 g/mol. The molecule has 1 fully saturated rings. The van der Waals surface area contributed by atoms with Gasteiger partial charge in [-0.15, -0.1) is 11.3 Å². The molecule has 9 heteroatoms. The normalized spacial score (nSPS) is 19.7. The highest BCUT2D eigenvalue weighted by Gasteiger charge is 2.25. The van der Waals surface area contributed by atoms with Gasteiger partial charge in [0, 0.05) is 13.2 Å². The zero-order valence-electron chi connectivity index (χ0n) is 10.0. The highest BCUT2D eigenvalue weighted by Crippen LogP contribution is 2.20. The number of hydrogen-bond acceptors (Lipinski definition) is 6. The third-order valence-electron chi connectivity index (χ3n) is 2.76. The second-order valence-electron chi connectivity index (χ2n) is 4.12. The average Bonchev–Trinajstić information content (AvgIpc) is 2.99. The van der Waals surface area contributed by atoms with Crippen LogP contribution in [0.5, 0.6) is 0 Å². The van der Waals surface area contributed by atoms with Gasteiger partial charge in [-0.1, -0.05) is 0 Å². The molecule has 0 amide bonds. The van der Waals surface area contributed by atoms with Gasteiger partial charge in [0.05, 0.1) is 11.6 Å². The Labute approximate surface area is 114 Å². The molecule has 19 heavy (non-hydrogen) atoms. The predicted octanol–water partition coefficient (Wildman–Crippen LogP) is 0.689. The maximum atomic E-state index is 11.9. The van der Waals surface area contributed by atoms with Crippen LogP contribution in [-0.4, -0.2) is 43.7 Å². The Morgan fingerprint density at radius 1 is 1.63 bits per heavy atom. The Morgan fingerprint density at radius 2 is 2.42 bits per heavy atom. The Bertz CT molecular complexity index is 548. The van der Waals surface area contributed by atoms with Crippen molar-refractivity contribution in [3.05, 3.63) is 11.2 Å². The number of carboxylic acid groups (broad SMARTS) is 1. The van der Waals surface area contributed by atoms with Crippen molar-refractivity contribution in [2.24, 2.45) is 0 Å². The lowest BCUT2D eigenvalue weighted by molar-refractivity contribution is 0.0687. The largest absolute Gasteiger partial charge is 0.476 e. The van der Waals surface area contributed by atoms with Crippen molar-refractivity contribution in [1.82, 2.24) is 9.71 Å². The van der Waals surface area contributed by atoms with E-state index in [9.17, 15) is 13.2 Å². The quantitative estimate of drug-likeness (QED) is 0.801. The summed E-state index contributed by atoms with van der Waals surface area (Å²) in [4.78, 5) is 14.4. The molecule has 1 aliphatic rings. The third kappa shape index (κ3) is 3.50. The second kappa shape index (κ2) is 5.95. The molecule has 0 aromatic carbocycles. The van der Waals surface area contributed by atoms with Crippen LogP contribution in [-0.2, 0) is 14.8 Å². The van der Waals surface area contributed by atoms with Crippen LogP contribution >= 0.6 is 11.3 Å². The summed E-state index contributed by atoms with van der Waals surface area (Å²) in [5.74, 6) is -1.35. The van der Waals surface area contributed by atoms with E-state index in [2.05, 4.69) is 9.71 Å². The number of rotatable bonds is 6. The Kier molecular flexibility index (Phi) is 4.50. The van der Waals surface area contributed by atoms with Gasteiger partial charge in [-0.05, 0) is 19.3 Å². The predicted molar refractivity (Wildman–Crippen MR) is 67.9 cm³/mol. The van der Waals surface area contributed by atoms with E-state index in [4.69, 9.17) is 9.84 Å². The number of hydrogen-bond donors (Lipinski definition) is 2. The standard InChI is InChI=1S/C10H14N2O5S2/c13-9(14)8-10(18-6-11-8)19(15,16)12-4-3-7-2-1-5-17-7/h6-7,12H,1-5H2,(H,13,14). The maximum Gasteiger partial charge on any atom is 0.356 e. The van der Waals surface area contributed by atoms with Gasteiger partial charge in [-0.25, -0.2) is 22.9 Å². The van der Waals surface area contributed by atoms with Crippen molar-refractivity contribution in [2.45, 2.75) is 29.6 Å².